The summed E-state index contributed by atoms with van der Waals surface area (Å²) in [6, 6.07) is 16.0. The number of rotatable bonds is 5. The van der Waals surface area contributed by atoms with Crippen LogP contribution in [0.5, 0.6) is 0 Å². The third-order valence-corrected chi connectivity index (χ3v) is 5.64. The Kier molecular flexibility index (Phi) is 4.41. The Balaban J connectivity index is 1.42. The van der Waals surface area contributed by atoms with Crippen molar-refractivity contribution in [1.82, 2.24) is 10.3 Å². The van der Waals surface area contributed by atoms with E-state index in [1.54, 1.807) is 11.3 Å². The minimum Gasteiger partial charge on any atom is -0.384 e. The lowest BCUT2D eigenvalue weighted by atomic mass is 10.1. The Bertz CT molecular complexity index is 1170. The molecule has 5 N–H and O–H groups in total. The molecule has 0 aliphatic rings. The van der Waals surface area contributed by atoms with Gasteiger partial charge >= 0.3 is 0 Å². The number of aromatic amines is 1. The number of amidine groups is 1. The first kappa shape index (κ1) is 17.3. The summed E-state index contributed by atoms with van der Waals surface area (Å²) in [5, 5.41) is 12.7. The Morgan fingerprint density at radius 3 is 2.81 bits per heavy atom. The third-order valence-electron chi connectivity index (χ3n) is 4.52. The molecule has 0 bridgehead atoms. The van der Waals surface area contributed by atoms with Gasteiger partial charge in [-0.3, -0.25) is 10.2 Å². The number of nitrogens with one attached hydrogen (secondary N) is 3. The molecule has 4 aromatic rings. The van der Waals surface area contributed by atoms with Gasteiger partial charge in [-0.25, -0.2) is 0 Å². The van der Waals surface area contributed by atoms with Gasteiger partial charge in [0.25, 0.3) is 0 Å². The molecule has 0 unspecified atom stereocenters. The maximum atomic E-state index is 12.3. The van der Waals surface area contributed by atoms with Gasteiger partial charge in [0.1, 0.15) is 5.84 Å². The van der Waals surface area contributed by atoms with Gasteiger partial charge < -0.3 is 16.0 Å². The highest BCUT2D eigenvalue weighted by molar-refractivity contribution is 7.19. The number of carbonyl (C=O) groups is 1. The van der Waals surface area contributed by atoms with Crippen molar-refractivity contribution in [3.05, 3.63) is 70.2 Å². The van der Waals surface area contributed by atoms with E-state index in [4.69, 9.17) is 11.1 Å². The van der Waals surface area contributed by atoms with Crippen LogP contribution in [0, 0.1) is 12.3 Å². The number of thiophene rings is 1. The van der Waals surface area contributed by atoms with Crippen molar-refractivity contribution in [3.8, 4) is 0 Å². The first-order chi connectivity index (χ1) is 13.0. The molecule has 27 heavy (non-hydrogen) atoms. The zero-order valence-corrected chi connectivity index (χ0v) is 15.7. The van der Waals surface area contributed by atoms with Gasteiger partial charge in [0.2, 0.25) is 5.91 Å². The lowest BCUT2D eigenvalue weighted by molar-refractivity contribution is -0.120. The Hall–Kier alpha value is -3.12. The van der Waals surface area contributed by atoms with E-state index in [1.165, 1.54) is 0 Å². The molecule has 4 rings (SSSR count). The fraction of sp³-hybridized carbons (Fsp3) is 0.143. The van der Waals surface area contributed by atoms with Crippen molar-refractivity contribution in [2.24, 2.45) is 5.73 Å². The zero-order chi connectivity index (χ0) is 19.0. The molecule has 0 fully saturated rings. The highest BCUT2D eigenvalue weighted by Gasteiger charge is 2.09. The molecule has 0 saturated heterocycles. The van der Waals surface area contributed by atoms with Crippen molar-refractivity contribution in [2.75, 3.05) is 0 Å². The Morgan fingerprint density at radius 1 is 1.15 bits per heavy atom. The average molecular weight is 376 g/mol. The summed E-state index contributed by atoms with van der Waals surface area (Å²) in [7, 11) is 0. The molecule has 136 valence electrons. The van der Waals surface area contributed by atoms with E-state index in [-0.39, 0.29) is 11.7 Å². The fourth-order valence-electron chi connectivity index (χ4n) is 3.21. The van der Waals surface area contributed by atoms with Crippen LogP contribution < -0.4 is 11.1 Å². The molecule has 1 amide bonds. The van der Waals surface area contributed by atoms with Gasteiger partial charge in [-0.15, -0.1) is 11.3 Å². The molecule has 0 saturated carbocycles. The second-order valence-corrected chi connectivity index (χ2v) is 7.87. The second kappa shape index (κ2) is 6.89. The van der Waals surface area contributed by atoms with Gasteiger partial charge in [-0.1, -0.05) is 6.07 Å². The molecular formula is C21H20N4OS. The van der Waals surface area contributed by atoms with Gasteiger partial charge in [0.15, 0.2) is 0 Å². The lowest BCUT2D eigenvalue weighted by Gasteiger charge is -2.05. The predicted molar refractivity (Wildman–Crippen MR) is 111 cm³/mol. The van der Waals surface area contributed by atoms with Crippen LogP contribution >= 0.6 is 11.3 Å². The Morgan fingerprint density at radius 2 is 2.00 bits per heavy atom. The van der Waals surface area contributed by atoms with Gasteiger partial charge in [-0.2, -0.15) is 0 Å². The third kappa shape index (κ3) is 3.71. The van der Waals surface area contributed by atoms with Crippen LogP contribution in [0.2, 0.25) is 0 Å². The van der Waals surface area contributed by atoms with Crippen LogP contribution in [-0.2, 0) is 17.8 Å². The number of fused-ring (bicyclic) bond motifs is 2. The number of amides is 1. The van der Waals surface area contributed by atoms with E-state index >= 15 is 0 Å². The van der Waals surface area contributed by atoms with Crippen LogP contribution in [0.15, 0.2) is 48.5 Å². The van der Waals surface area contributed by atoms with Crippen molar-refractivity contribution in [3.63, 3.8) is 0 Å². The first-order valence-electron chi connectivity index (χ1n) is 8.70. The predicted octanol–water partition coefficient (Wildman–Crippen LogP) is 3.83. The molecule has 0 aliphatic heterocycles. The van der Waals surface area contributed by atoms with Crippen LogP contribution in [0.4, 0.5) is 0 Å². The van der Waals surface area contributed by atoms with E-state index < -0.39 is 0 Å². The molecule has 5 nitrogen and oxygen atoms in total. The summed E-state index contributed by atoms with van der Waals surface area (Å²) in [5.74, 6) is 0.0515. The van der Waals surface area contributed by atoms with Crippen molar-refractivity contribution in [1.29, 1.82) is 5.41 Å². The summed E-state index contributed by atoms with van der Waals surface area (Å²) in [6.45, 7) is 2.55. The molecule has 2 heterocycles. The van der Waals surface area contributed by atoms with E-state index in [2.05, 4.69) is 22.4 Å². The fourth-order valence-corrected chi connectivity index (χ4v) is 4.25. The summed E-state index contributed by atoms with van der Waals surface area (Å²) < 4.78 is 1.09. The molecule has 2 aromatic carbocycles. The summed E-state index contributed by atoms with van der Waals surface area (Å²) in [6.07, 6.45) is 0.347. The van der Waals surface area contributed by atoms with Crippen LogP contribution in [0.25, 0.3) is 21.0 Å². The number of benzene rings is 2. The monoisotopic (exact) mass is 376 g/mol. The SMILES string of the molecule is Cc1cc2cc(CNC(=O)Cc3cc4cc(C(=N)N)ccc4s3)ccc2[nH]1. The molecule has 0 spiro atoms. The summed E-state index contributed by atoms with van der Waals surface area (Å²) in [4.78, 5) is 16.6. The number of aryl methyl sites for hydroxylation is 1. The minimum absolute atomic E-state index is 0.00121. The van der Waals surface area contributed by atoms with E-state index in [0.29, 0.717) is 18.5 Å². The van der Waals surface area contributed by atoms with E-state index in [9.17, 15) is 4.79 Å². The number of hydrogen-bond donors (Lipinski definition) is 4. The largest absolute Gasteiger partial charge is 0.384 e. The number of nitrogen functional groups attached to an aromatic ring is 1. The smallest absolute Gasteiger partial charge is 0.225 e. The quantitative estimate of drug-likeness (QED) is 0.315. The zero-order valence-electron chi connectivity index (χ0n) is 14.9. The van der Waals surface area contributed by atoms with E-state index in [0.717, 1.165) is 37.1 Å². The lowest BCUT2D eigenvalue weighted by Crippen LogP contribution is -2.24. The highest BCUT2D eigenvalue weighted by atomic mass is 32.1. The van der Waals surface area contributed by atoms with Crippen LogP contribution in [0.3, 0.4) is 0 Å². The van der Waals surface area contributed by atoms with Gasteiger partial charge in [-0.05, 0) is 65.7 Å². The van der Waals surface area contributed by atoms with E-state index in [1.807, 2.05) is 43.3 Å². The molecule has 2 aromatic heterocycles. The second-order valence-electron chi connectivity index (χ2n) is 6.71. The summed E-state index contributed by atoms with van der Waals surface area (Å²) in [5.41, 5.74) is 9.56. The number of H-pyrrole nitrogens is 1. The Labute approximate surface area is 160 Å². The number of carbonyl (C=O) groups excluding carboxylic acids is 1. The minimum atomic E-state index is -0.00121. The molecule has 6 heteroatoms. The average Bonchev–Trinajstić information content (AvgIpc) is 3.19. The number of nitrogens with two attached hydrogens (primary N) is 1. The first-order valence-corrected chi connectivity index (χ1v) is 9.51. The molecular weight excluding hydrogens is 356 g/mol. The number of aromatic nitrogens is 1. The van der Waals surface area contributed by atoms with Crippen molar-refractivity contribution < 1.29 is 4.79 Å². The number of hydrogen-bond acceptors (Lipinski definition) is 3. The molecule has 0 aliphatic carbocycles. The maximum Gasteiger partial charge on any atom is 0.225 e. The van der Waals surface area contributed by atoms with Gasteiger partial charge in [0.05, 0.1) is 6.42 Å². The standard InChI is InChI=1S/C21H20N4OS/c1-12-6-15-7-13(2-4-18(15)25-12)11-24-20(26)10-17-9-16-8-14(21(22)23)3-5-19(16)27-17/h2-9,25H,10-11H2,1H3,(H3,22,23)(H,24,26). The molecule has 0 radical (unpaired) electrons. The maximum absolute atomic E-state index is 12.3. The highest BCUT2D eigenvalue weighted by Crippen LogP contribution is 2.27. The van der Waals surface area contributed by atoms with Crippen molar-refractivity contribution >= 4 is 44.1 Å². The van der Waals surface area contributed by atoms with Crippen molar-refractivity contribution in [2.45, 2.75) is 19.9 Å². The van der Waals surface area contributed by atoms with Crippen LogP contribution in [-0.4, -0.2) is 16.7 Å². The normalized spacial score (nSPS) is 11.1. The summed E-state index contributed by atoms with van der Waals surface area (Å²) >= 11 is 1.60. The van der Waals surface area contributed by atoms with Crippen LogP contribution in [0.1, 0.15) is 21.7 Å². The van der Waals surface area contributed by atoms with Gasteiger partial charge in [0, 0.05) is 32.9 Å². The topological polar surface area (TPSA) is 94.8 Å². The molecule has 0 atom stereocenters.